The number of benzene rings is 1. The standard InChI is InChI=1S/C11H12BrCl2NO4S/c1-15(3-4-19-2)11(16)7-5-8(13)10(12)9(6-7)20(14,17)18/h5-6H,3-4H2,1-2H3. The number of carbonyl (C=O) groups excluding carboxylic acids is 1. The second kappa shape index (κ2) is 7.09. The van der Waals surface area contributed by atoms with Crippen LogP contribution in [0.3, 0.4) is 0 Å². The van der Waals surface area contributed by atoms with Crippen molar-refractivity contribution in [3.8, 4) is 0 Å². The van der Waals surface area contributed by atoms with Gasteiger partial charge in [-0.15, -0.1) is 0 Å². The first-order chi connectivity index (χ1) is 9.18. The van der Waals surface area contributed by atoms with Crippen LogP contribution in [0.25, 0.3) is 0 Å². The number of amides is 1. The van der Waals surface area contributed by atoms with E-state index in [1.165, 1.54) is 24.1 Å². The van der Waals surface area contributed by atoms with Gasteiger partial charge in [-0.2, -0.15) is 0 Å². The van der Waals surface area contributed by atoms with Crippen molar-refractivity contribution in [1.29, 1.82) is 0 Å². The van der Waals surface area contributed by atoms with E-state index in [0.29, 0.717) is 13.2 Å². The van der Waals surface area contributed by atoms with Crippen LogP contribution >= 0.6 is 38.2 Å². The zero-order valence-electron chi connectivity index (χ0n) is 10.7. The lowest BCUT2D eigenvalue weighted by Gasteiger charge is -2.17. The molecule has 0 saturated carbocycles. The molecule has 0 aromatic heterocycles. The highest BCUT2D eigenvalue weighted by Crippen LogP contribution is 2.33. The Hall–Kier alpha value is -0.340. The maximum absolute atomic E-state index is 12.2. The first-order valence-corrected chi connectivity index (χ1v) is 8.84. The van der Waals surface area contributed by atoms with E-state index in [9.17, 15) is 13.2 Å². The van der Waals surface area contributed by atoms with E-state index in [1.54, 1.807) is 7.05 Å². The Morgan fingerprint density at radius 2 is 2.05 bits per heavy atom. The predicted octanol–water partition coefficient (Wildman–Crippen LogP) is 2.75. The van der Waals surface area contributed by atoms with Crippen LogP contribution in [0.5, 0.6) is 0 Å². The van der Waals surface area contributed by atoms with Crippen LogP contribution in [0.2, 0.25) is 5.02 Å². The minimum absolute atomic E-state index is 0.0928. The summed E-state index contributed by atoms with van der Waals surface area (Å²) >= 11 is 8.95. The highest BCUT2D eigenvalue weighted by Gasteiger charge is 2.21. The first kappa shape index (κ1) is 17.7. The smallest absolute Gasteiger partial charge is 0.262 e. The molecule has 0 radical (unpaired) electrons. The molecular formula is C11H12BrCl2NO4S. The molecule has 1 amide bonds. The molecule has 9 heteroatoms. The van der Waals surface area contributed by atoms with Gasteiger partial charge in [0, 0.05) is 36.9 Å². The fourth-order valence-electron chi connectivity index (χ4n) is 1.41. The minimum atomic E-state index is -4.01. The molecule has 0 aliphatic heterocycles. The normalized spacial score (nSPS) is 11.4. The second-order valence-corrected chi connectivity index (χ2v) is 7.66. The van der Waals surface area contributed by atoms with E-state index >= 15 is 0 Å². The Kier molecular flexibility index (Phi) is 6.27. The molecule has 0 atom stereocenters. The predicted molar refractivity (Wildman–Crippen MR) is 81.0 cm³/mol. The van der Waals surface area contributed by atoms with Gasteiger partial charge >= 0.3 is 0 Å². The number of ether oxygens (including phenoxy) is 1. The lowest BCUT2D eigenvalue weighted by Crippen LogP contribution is -2.30. The lowest BCUT2D eigenvalue weighted by atomic mass is 10.2. The summed E-state index contributed by atoms with van der Waals surface area (Å²) in [5, 5.41) is 0.0928. The molecule has 0 unspecified atom stereocenters. The maximum atomic E-state index is 12.2. The number of methoxy groups -OCH3 is 1. The van der Waals surface area contributed by atoms with Crippen molar-refractivity contribution in [3.05, 3.63) is 27.2 Å². The molecule has 0 aliphatic carbocycles. The fourth-order valence-corrected chi connectivity index (χ4v) is 3.79. The first-order valence-electron chi connectivity index (χ1n) is 5.36. The molecule has 0 fully saturated rings. The van der Waals surface area contributed by atoms with Crippen molar-refractivity contribution in [3.63, 3.8) is 0 Å². The zero-order valence-corrected chi connectivity index (χ0v) is 14.6. The molecule has 20 heavy (non-hydrogen) atoms. The topological polar surface area (TPSA) is 63.7 Å². The molecule has 1 rings (SSSR count). The lowest BCUT2D eigenvalue weighted by molar-refractivity contribution is 0.0744. The molecular weight excluding hydrogens is 393 g/mol. The maximum Gasteiger partial charge on any atom is 0.262 e. The zero-order chi connectivity index (χ0) is 15.5. The minimum Gasteiger partial charge on any atom is -0.383 e. The van der Waals surface area contributed by atoms with Gasteiger partial charge < -0.3 is 9.64 Å². The van der Waals surface area contributed by atoms with E-state index in [0.717, 1.165) is 0 Å². The van der Waals surface area contributed by atoms with Gasteiger partial charge in [0.1, 0.15) is 0 Å². The summed E-state index contributed by atoms with van der Waals surface area (Å²) < 4.78 is 27.9. The average Bonchev–Trinajstić information content (AvgIpc) is 2.36. The summed E-state index contributed by atoms with van der Waals surface area (Å²) in [5.41, 5.74) is 0.135. The van der Waals surface area contributed by atoms with Crippen LogP contribution < -0.4 is 0 Å². The van der Waals surface area contributed by atoms with E-state index < -0.39 is 9.05 Å². The third-order valence-corrected chi connectivity index (χ3v) is 5.47. The van der Waals surface area contributed by atoms with E-state index in [4.69, 9.17) is 27.0 Å². The molecule has 0 bridgehead atoms. The monoisotopic (exact) mass is 403 g/mol. The SMILES string of the molecule is COCCN(C)C(=O)c1cc(Cl)c(Br)c(S(=O)(=O)Cl)c1. The largest absolute Gasteiger partial charge is 0.383 e. The summed E-state index contributed by atoms with van der Waals surface area (Å²) in [6, 6.07) is 2.56. The Labute approximate surface area is 135 Å². The van der Waals surface area contributed by atoms with Gasteiger partial charge in [0.2, 0.25) is 0 Å². The highest BCUT2D eigenvalue weighted by molar-refractivity contribution is 9.10. The molecule has 0 heterocycles. The van der Waals surface area contributed by atoms with Crippen LogP contribution in [-0.2, 0) is 13.8 Å². The summed E-state index contributed by atoms with van der Waals surface area (Å²) in [6.07, 6.45) is 0. The van der Waals surface area contributed by atoms with Gasteiger partial charge in [-0.1, -0.05) is 11.6 Å². The average molecular weight is 405 g/mol. The quantitative estimate of drug-likeness (QED) is 0.707. The summed E-state index contributed by atoms with van der Waals surface area (Å²) in [6.45, 7) is 0.735. The fraction of sp³-hybridized carbons (Fsp3) is 0.364. The van der Waals surface area contributed by atoms with E-state index in [2.05, 4.69) is 15.9 Å². The van der Waals surface area contributed by atoms with Gasteiger partial charge in [0.05, 0.1) is 21.0 Å². The molecule has 1 aromatic rings. The molecule has 5 nitrogen and oxygen atoms in total. The number of halogens is 3. The van der Waals surface area contributed by atoms with Crippen LogP contribution in [0.4, 0.5) is 0 Å². The number of nitrogens with zero attached hydrogens (tertiary/aromatic N) is 1. The van der Waals surface area contributed by atoms with Crippen LogP contribution in [-0.4, -0.2) is 46.5 Å². The van der Waals surface area contributed by atoms with Crippen molar-refractivity contribution < 1.29 is 17.9 Å². The summed E-state index contributed by atoms with van der Waals surface area (Å²) in [7, 11) is 4.40. The number of hydrogen-bond acceptors (Lipinski definition) is 4. The molecule has 0 spiro atoms. The second-order valence-electron chi connectivity index (χ2n) is 3.93. The van der Waals surface area contributed by atoms with Crippen molar-refractivity contribution >= 4 is 53.2 Å². The summed E-state index contributed by atoms with van der Waals surface area (Å²) in [4.78, 5) is 13.3. The third kappa shape index (κ3) is 4.33. The van der Waals surface area contributed by atoms with Crippen molar-refractivity contribution in [2.24, 2.45) is 0 Å². The van der Waals surface area contributed by atoms with Gasteiger partial charge in [0.15, 0.2) is 0 Å². The number of carbonyl (C=O) groups is 1. The molecule has 0 N–H and O–H groups in total. The molecule has 0 aliphatic rings. The van der Waals surface area contributed by atoms with Gasteiger partial charge in [-0.3, -0.25) is 4.79 Å². The third-order valence-electron chi connectivity index (χ3n) is 2.48. The van der Waals surface area contributed by atoms with Crippen molar-refractivity contribution in [2.45, 2.75) is 4.90 Å². The Bertz CT molecular complexity index is 621. The van der Waals surface area contributed by atoms with Gasteiger partial charge in [-0.05, 0) is 28.1 Å². The van der Waals surface area contributed by atoms with Crippen molar-refractivity contribution in [1.82, 2.24) is 4.90 Å². The molecule has 112 valence electrons. The van der Waals surface area contributed by atoms with Crippen molar-refractivity contribution in [2.75, 3.05) is 27.3 Å². The Morgan fingerprint density at radius 3 is 2.55 bits per heavy atom. The highest BCUT2D eigenvalue weighted by atomic mass is 79.9. The van der Waals surface area contributed by atoms with E-state index in [1.807, 2.05) is 0 Å². The number of likely N-dealkylation sites (N-methyl/N-ethyl adjacent to an activating group) is 1. The number of hydrogen-bond donors (Lipinski definition) is 0. The molecule has 1 aromatic carbocycles. The van der Waals surface area contributed by atoms with E-state index in [-0.39, 0.29) is 25.9 Å². The van der Waals surface area contributed by atoms with Crippen LogP contribution in [0, 0.1) is 0 Å². The Morgan fingerprint density at radius 1 is 1.45 bits per heavy atom. The van der Waals surface area contributed by atoms with Gasteiger partial charge in [-0.25, -0.2) is 8.42 Å². The van der Waals surface area contributed by atoms with Crippen LogP contribution in [0.15, 0.2) is 21.5 Å². The Balaban J connectivity index is 3.21. The van der Waals surface area contributed by atoms with Gasteiger partial charge in [0.25, 0.3) is 15.0 Å². The van der Waals surface area contributed by atoms with Crippen LogP contribution in [0.1, 0.15) is 10.4 Å². The number of rotatable bonds is 5. The summed E-state index contributed by atoms with van der Waals surface area (Å²) in [5.74, 6) is -0.377. The molecule has 0 saturated heterocycles.